The number of ether oxygens (including phenoxy) is 1. The van der Waals surface area contributed by atoms with Crippen LogP contribution in [0.25, 0.3) is 6.08 Å². The van der Waals surface area contributed by atoms with E-state index in [1.807, 2.05) is 42.5 Å². The maximum atomic E-state index is 12.8. The summed E-state index contributed by atoms with van der Waals surface area (Å²) in [5.74, 6) is 0.518. The Morgan fingerprint density at radius 1 is 1.00 bits per heavy atom. The van der Waals surface area contributed by atoms with Gasteiger partial charge in [0.05, 0.1) is 15.0 Å². The SMILES string of the molecule is Cc1ccc(COc2ccc(/C=C3\SC(=O)N(Cc4ccc(Br)cc4)C3=O)cc2I)cc1. The van der Waals surface area contributed by atoms with Crippen LogP contribution in [-0.2, 0) is 17.9 Å². The maximum absolute atomic E-state index is 12.8. The normalized spacial score (nSPS) is 15.0. The molecule has 0 spiro atoms. The van der Waals surface area contributed by atoms with Gasteiger partial charge in [-0.25, -0.2) is 0 Å². The molecule has 1 heterocycles. The van der Waals surface area contributed by atoms with Crippen LogP contribution in [0, 0.1) is 10.5 Å². The zero-order valence-electron chi connectivity index (χ0n) is 17.2. The second kappa shape index (κ2) is 10.2. The first-order valence-electron chi connectivity index (χ1n) is 9.87. The summed E-state index contributed by atoms with van der Waals surface area (Å²) in [6.45, 7) is 2.81. The van der Waals surface area contributed by atoms with E-state index in [1.165, 1.54) is 10.5 Å². The van der Waals surface area contributed by atoms with Crippen molar-refractivity contribution in [2.75, 3.05) is 0 Å². The summed E-state index contributed by atoms with van der Waals surface area (Å²) in [5, 5.41) is -0.253. The summed E-state index contributed by atoms with van der Waals surface area (Å²) in [5.41, 5.74) is 4.08. The van der Waals surface area contributed by atoms with Crippen LogP contribution in [-0.4, -0.2) is 16.0 Å². The number of nitrogens with zero attached hydrogens (tertiary/aromatic N) is 1. The lowest BCUT2D eigenvalue weighted by Gasteiger charge is -2.12. The van der Waals surface area contributed by atoms with Gasteiger partial charge in [0, 0.05) is 4.47 Å². The van der Waals surface area contributed by atoms with Gasteiger partial charge < -0.3 is 4.74 Å². The molecule has 0 unspecified atom stereocenters. The number of amides is 2. The third-order valence-electron chi connectivity index (χ3n) is 4.90. The summed E-state index contributed by atoms with van der Waals surface area (Å²) >= 11 is 6.59. The highest BCUT2D eigenvalue weighted by molar-refractivity contribution is 14.1. The van der Waals surface area contributed by atoms with Crippen LogP contribution in [0.2, 0.25) is 0 Å². The fourth-order valence-corrected chi connectivity index (χ4v) is 4.93. The van der Waals surface area contributed by atoms with Gasteiger partial charge in [0.2, 0.25) is 0 Å². The Morgan fingerprint density at radius 3 is 2.38 bits per heavy atom. The first kappa shape index (κ1) is 23.1. The largest absolute Gasteiger partial charge is 0.488 e. The number of hydrogen-bond acceptors (Lipinski definition) is 4. The van der Waals surface area contributed by atoms with Gasteiger partial charge in [-0.1, -0.05) is 64.0 Å². The Kier molecular flexibility index (Phi) is 7.37. The first-order valence-corrected chi connectivity index (χ1v) is 12.6. The zero-order chi connectivity index (χ0) is 22.7. The number of carbonyl (C=O) groups excluding carboxylic acids is 2. The number of halogens is 2. The summed E-state index contributed by atoms with van der Waals surface area (Å²) in [7, 11) is 0. The van der Waals surface area contributed by atoms with Gasteiger partial charge in [0.1, 0.15) is 12.4 Å². The van der Waals surface area contributed by atoms with Crippen LogP contribution in [0.15, 0.2) is 76.1 Å². The van der Waals surface area contributed by atoms with Crippen molar-refractivity contribution in [3.8, 4) is 5.75 Å². The molecule has 3 aromatic carbocycles. The van der Waals surface area contributed by atoms with E-state index in [2.05, 4.69) is 69.7 Å². The fraction of sp³-hybridized carbons (Fsp3) is 0.120. The van der Waals surface area contributed by atoms with E-state index in [0.29, 0.717) is 11.5 Å². The highest BCUT2D eigenvalue weighted by Crippen LogP contribution is 2.34. The quantitative estimate of drug-likeness (QED) is 0.217. The van der Waals surface area contributed by atoms with Gasteiger partial charge in [-0.3, -0.25) is 14.5 Å². The monoisotopic (exact) mass is 619 g/mol. The molecule has 0 atom stereocenters. The van der Waals surface area contributed by atoms with Crippen LogP contribution < -0.4 is 4.74 Å². The van der Waals surface area contributed by atoms with E-state index in [-0.39, 0.29) is 17.7 Å². The van der Waals surface area contributed by atoms with Crippen molar-refractivity contribution in [1.82, 2.24) is 4.90 Å². The second-order valence-electron chi connectivity index (χ2n) is 7.36. The molecule has 7 heteroatoms. The standard InChI is InChI=1S/C25H19BrINO3S/c1-16-2-4-18(5-3-16)15-31-22-11-8-19(12-21(22)27)13-23-24(29)28(25(30)32-23)14-17-6-9-20(26)10-7-17/h2-13H,14-15H2,1H3/b23-13-. The molecule has 4 nitrogen and oxygen atoms in total. The number of imide groups is 1. The molecule has 0 radical (unpaired) electrons. The van der Waals surface area contributed by atoms with Crippen molar-refractivity contribution in [1.29, 1.82) is 0 Å². The highest BCUT2D eigenvalue weighted by Gasteiger charge is 2.35. The number of carbonyl (C=O) groups is 2. The number of thioether (sulfide) groups is 1. The Labute approximate surface area is 213 Å². The zero-order valence-corrected chi connectivity index (χ0v) is 21.7. The molecule has 0 aromatic heterocycles. The molecule has 1 saturated heterocycles. The minimum atomic E-state index is -0.266. The Hall–Kier alpha value is -2.10. The average Bonchev–Trinajstić information content (AvgIpc) is 3.03. The molecule has 1 aliphatic rings. The number of hydrogen-bond donors (Lipinski definition) is 0. The molecule has 4 rings (SSSR count). The van der Waals surface area contributed by atoms with Crippen LogP contribution in [0.4, 0.5) is 4.79 Å². The molecule has 162 valence electrons. The van der Waals surface area contributed by atoms with Crippen molar-refractivity contribution in [3.05, 3.63) is 102 Å². The molecule has 2 amide bonds. The van der Waals surface area contributed by atoms with E-state index >= 15 is 0 Å². The molecule has 1 fully saturated rings. The average molecular weight is 620 g/mol. The van der Waals surface area contributed by atoms with Gasteiger partial charge >= 0.3 is 0 Å². The lowest BCUT2D eigenvalue weighted by Crippen LogP contribution is -2.27. The molecule has 1 aliphatic heterocycles. The van der Waals surface area contributed by atoms with Crippen LogP contribution >= 0.6 is 50.3 Å². The number of aryl methyl sites for hydroxylation is 1. The van der Waals surface area contributed by atoms with Crippen molar-refractivity contribution >= 4 is 67.5 Å². The van der Waals surface area contributed by atoms with Crippen molar-refractivity contribution in [2.45, 2.75) is 20.1 Å². The third-order valence-corrected chi connectivity index (χ3v) is 7.18. The minimum Gasteiger partial charge on any atom is -0.488 e. The third kappa shape index (κ3) is 5.63. The van der Waals surface area contributed by atoms with Crippen molar-refractivity contribution in [3.63, 3.8) is 0 Å². The topological polar surface area (TPSA) is 46.6 Å². The predicted molar refractivity (Wildman–Crippen MR) is 140 cm³/mol. The first-order chi connectivity index (χ1) is 15.4. The van der Waals surface area contributed by atoms with Crippen molar-refractivity contribution < 1.29 is 14.3 Å². The molecule has 3 aromatic rings. The minimum absolute atomic E-state index is 0.253. The van der Waals surface area contributed by atoms with Gasteiger partial charge in [0.15, 0.2) is 0 Å². The van der Waals surface area contributed by atoms with Gasteiger partial charge in [-0.15, -0.1) is 0 Å². The Morgan fingerprint density at radius 2 is 1.69 bits per heavy atom. The number of benzene rings is 3. The predicted octanol–water partition coefficient (Wildman–Crippen LogP) is 7.18. The molecule has 0 N–H and O–H groups in total. The Balaban J connectivity index is 1.44. The van der Waals surface area contributed by atoms with E-state index in [1.54, 1.807) is 6.08 Å². The van der Waals surface area contributed by atoms with Crippen LogP contribution in [0.5, 0.6) is 5.75 Å². The molecule has 0 aliphatic carbocycles. The van der Waals surface area contributed by atoms with Gasteiger partial charge in [-0.05, 0) is 88.3 Å². The van der Waals surface area contributed by atoms with Gasteiger partial charge in [0.25, 0.3) is 11.1 Å². The molecule has 0 bridgehead atoms. The molecule has 0 saturated carbocycles. The van der Waals surface area contributed by atoms with Gasteiger partial charge in [-0.2, -0.15) is 0 Å². The summed E-state index contributed by atoms with van der Waals surface area (Å²) in [6, 6.07) is 21.6. The van der Waals surface area contributed by atoms with E-state index in [0.717, 1.165) is 42.2 Å². The summed E-state index contributed by atoms with van der Waals surface area (Å²) in [4.78, 5) is 26.9. The maximum Gasteiger partial charge on any atom is 0.293 e. The number of rotatable bonds is 6. The van der Waals surface area contributed by atoms with Crippen LogP contribution in [0.3, 0.4) is 0 Å². The fourth-order valence-electron chi connectivity index (χ4n) is 3.13. The summed E-state index contributed by atoms with van der Waals surface area (Å²) < 4.78 is 7.85. The van der Waals surface area contributed by atoms with E-state index < -0.39 is 0 Å². The summed E-state index contributed by atoms with van der Waals surface area (Å²) in [6.07, 6.45) is 1.76. The van der Waals surface area contributed by atoms with Crippen LogP contribution in [0.1, 0.15) is 22.3 Å². The second-order valence-corrected chi connectivity index (χ2v) is 10.4. The Bertz CT molecular complexity index is 1190. The molecular formula is C25H19BrINO3S. The van der Waals surface area contributed by atoms with Crippen molar-refractivity contribution in [2.24, 2.45) is 0 Å². The molecular weight excluding hydrogens is 601 g/mol. The smallest absolute Gasteiger partial charge is 0.293 e. The van der Waals surface area contributed by atoms with E-state index in [4.69, 9.17) is 4.74 Å². The van der Waals surface area contributed by atoms with E-state index in [9.17, 15) is 9.59 Å². The molecule has 32 heavy (non-hydrogen) atoms. The highest BCUT2D eigenvalue weighted by atomic mass is 127. The lowest BCUT2D eigenvalue weighted by atomic mass is 10.1. The lowest BCUT2D eigenvalue weighted by molar-refractivity contribution is -0.123.